The van der Waals surface area contributed by atoms with Crippen LogP contribution in [0.1, 0.15) is 27.7 Å². The number of fused-ring (bicyclic) bond motifs is 1. The van der Waals surface area contributed by atoms with Crippen LogP contribution in [0.15, 0.2) is 103 Å². The molecule has 158 valence electrons. The highest BCUT2D eigenvalue weighted by molar-refractivity contribution is 6.42. The SMILES string of the molecule is O=C1c2ccccc2N(Cc2ccccc2)[C@@H](c2cccc(Cl)c2Cl)N1c1ccccc1. The summed E-state index contributed by atoms with van der Waals surface area (Å²) in [4.78, 5) is 17.8. The normalized spacial score (nSPS) is 15.6. The Morgan fingerprint density at radius 2 is 1.38 bits per heavy atom. The minimum atomic E-state index is -0.466. The Kier molecular flexibility index (Phi) is 5.60. The van der Waals surface area contributed by atoms with Crippen molar-refractivity contribution in [3.8, 4) is 0 Å². The Balaban J connectivity index is 1.76. The van der Waals surface area contributed by atoms with E-state index in [-0.39, 0.29) is 5.91 Å². The number of benzene rings is 4. The Morgan fingerprint density at radius 3 is 2.12 bits per heavy atom. The molecule has 0 N–H and O–H groups in total. The minimum Gasteiger partial charge on any atom is -0.342 e. The summed E-state index contributed by atoms with van der Waals surface area (Å²) in [6, 6.07) is 33.2. The number of hydrogen-bond donors (Lipinski definition) is 0. The van der Waals surface area contributed by atoms with Gasteiger partial charge in [0.1, 0.15) is 6.17 Å². The van der Waals surface area contributed by atoms with Gasteiger partial charge in [-0.15, -0.1) is 0 Å². The molecule has 0 unspecified atom stereocenters. The lowest BCUT2D eigenvalue weighted by atomic mass is 9.99. The molecule has 0 bridgehead atoms. The minimum absolute atomic E-state index is 0.0721. The number of rotatable bonds is 4. The molecule has 3 nitrogen and oxygen atoms in total. The van der Waals surface area contributed by atoms with Crippen LogP contribution in [0.4, 0.5) is 11.4 Å². The van der Waals surface area contributed by atoms with Gasteiger partial charge in [0.15, 0.2) is 0 Å². The van der Waals surface area contributed by atoms with Crippen molar-refractivity contribution in [2.45, 2.75) is 12.7 Å². The van der Waals surface area contributed by atoms with E-state index in [0.717, 1.165) is 22.5 Å². The van der Waals surface area contributed by atoms with Crippen molar-refractivity contribution in [2.24, 2.45) is 0 Å². The number of anilines is 2. The molecule has 0 saturated carbocycles. The summed E-state index contributed by atoms with van der Waals surface area (Å²) in [5.41, 5.74) is 4.23. The van der Waals surface area contributed by atoms with Crippen LogP contribution in [0.25, 0.3) is 0 Å². The van der Waals surface area contributed by atoms with Crippen LogP contribution >= 0.6 is 23.2 Å². The molecule has 4 aromatic rings. The number of amides is 1. The second-order valence-electron chi connectivity index (χ2n) is 7.66. The number of para-hydroxylation sites is 2. The maximum Gasteiger partial charge on any atom is 0.262 e. The van der Waals surface area contributed by atoms with Gasteiger partial charge < -0.3 is 4.90 Å². The third-order valence-electron chi connectivity index (χ3n) is 5.69. The molecule has 5 rings (SSSR count). The zero-order valence-electron chi connectivity index (χ0n) is 17.2. The molecule has 1 amide bonds. The van der Waals surface area contributed by atoms with Crippen molar-refractivity contribution in [3.05, 3.63) is 130 Å². The van der Waals surface area contributed by atoms with Crippen LogP contribution in [-0.2, 0) is 6.54 Å². The Labute approximate surface area is 197 Å². The highest BCUT2D eigenvalue weighted by Gasteiger charge is 2.40. The van der Waals surface area contributed by atoms with Crippen LogP contribution in [0.5, 0.6) is 0 Å². The molecule has 0 aliphatic carbocycles. The lowest BCUT2D eigenvalue weighted by Gasteiger charge is -2.46. The molecule has 32 heavy (non-hydrogen) atoms. The van der Waals surface area contributed by atoms with E-state index in [1.807, 2.05) is 89.8 Å². The second kappa shape index (κ2) is 8.70. The Morgan fingerprint density at radius 1 is 0.719 bits per heavy atom. The number of hydrogen-bond acceptors (Lipinski definition) is 2. The standard InChI is InChI=1S/C27H20Cl2N2O/c28-23-16-9-15-22(25(23)29)26-30(18-19-10-3-1-4-11-19)24-17-8-7-14-21(24)27(32)31(26)20-12-5-2-6-13-20/h1-17,26H,18H2/t26-/m1/s1. The fourth-order valence-corrected chi connectivity index (χ4v) is 4.65. The predicted octanol–water partition coefficient (Wildman–Crippen LogP) is 7.36. The van der Waals surface area contributed by atoms with Gasteiger partial charge >= 0.3 is 0 Å². The first-order valence-electron chi connectivity index (χ1n) is 10.4. The van der Waals surface area contributed by atoms with Crippen molar-refractivity contribution in [2.75, 3.05) is 9.80 Å². The van der Waals surface area contributed by atoms with Gasteiger partial charge in [-0.1, -0.05) is 96.0 Å². The van der Waals surface area contributed by atoms with Crippen molar-refractivity contribution >= 4 is 40.5 Å². The molecule has 1 atom stereocenters. The zero-order valence-corrected chi connectivity index (χ0v) is 18.7. The zero-order chi connectivity index (χ0) is 22.1. The lowest BCUT2D eigenvalue weighted by molar-refractivity contribution is 0.0968. The van der Waals surface area contributed by atoms with Crippen molar-refractivity contribution < 1.29 is 4.79 Å². The summed E-state index contributed by atoms with van der Waals surface area (Å²) in [5, 5.41) is 0.911. The molecule has 0 aromatic heterocycles. The Bertz CT molecular complexity index is 1260. The van der Waals surface area contributed by atoms with Gasteiger partial charge in [0.05, 0.1) is 21.3 Å². The van der Waals surface area contributed by atoms with Crippen molar-refractivity contribution in [1.82, 2.24) is 0 Å². The fourth-order valence-electron chi connectivity index (χ4n) is 4.24. The van der Waals surface area contributed by atoms with Gasteiger partial charge in [0, 0.05) is 17.8 Å². The van der Waals surface area contributed by atoms with Gasteiger partial charge in [0.25, 0.3) is 5.91 Å². The molecule has 1 aliphatic heterocycles. The second-order valence-corrected chi connectivity index (χ2v) is 8.44. The number of carbonyl (C=O) groups excluding carboxylic acids is 1. The maximum absolute atomic E-state index is 13.8. The highest BCUT2D eigenvalue weighted by atomic mass is 35.5. The summed E-state index contributed by atoms with van der Waals surface area (Å²) in [7, 11) is 0. The van der Waals surface area contributed by atoms with Crippen molar-refractivity contribution in [1.29, 1.82) is 0 Å². The molecule has 0 saturated heterocycles. The van der Waals surface area contributed by atoms with E-state index < -0.39 is 6.17 Å². The first-order chi connectivity index (χ1) is 15.6. The molecule has 1 aliphatic rings. The van der Waals surface area contributed by atoms with Gasteiger partial charge in [0.2, 0.25) is 0 Å². The molecule has 0 fully saturated rings. The fraction of sp³-hybridized carbons (Fsp3) is 0.0741. The molecule has 1 heterocycles. The van der Waals surface area contributed by atoms with E-state index in [9.17, 15) is 4.79 Å². The third-order valence-corrected chi connectivity index (χ3v) is 6.53. The van der Waals surface area contributed by atoms with E-state index in [0.29, 0.717) is 22.2 Å². The summed E-state index contributed by atoms with van der Waals surface area (Å²) in [6.07, 6.45) is -0.466. The topological polar surface area (TPSA) is 23.6 Å². The van der Waals surface area contributed by atoms with Crippen LogP contribution in [0.2, 0.25) is 10.0 Å². The first kappa shape index (κ1) is 20.6. The largest absolute Gasteiger partial charge is 0.342 e. The summed E-state index contributed by atoms with van der Waals surface area (Å²) in [5.74, 6) is -0.0721. The maximum atomic E-state index is 13.8. The van der Waals surface area contributed by atoms with Crippen LogP contribution < -0.4 is 9.80 Å². The van der Waals surface area contributed by atoms with Crippen LogP contribution in [0, 0.1) is 0 Å². The van der Waals surface area contributed by atoms with Gasteiger partial charge in [-0.2, -0.15) is 0 Å². The Hall–Kier alpha value is -3.27. The summed E-state index contributed by atoms with van der Waals surface area (Å²) >= 11 is 13.1. The molecule has 5 heteroatoms. The molecule has 4 aromatic carbocycles. The number of nitrogens with zero attached hydrogens (tertiary/aromatic N) is 2. The molecule has 0 radical (unpaired) electrons. The molecule has 0 spiro atoms. The molecular formula is C27H20Cl2N2O. The van der Waals surface area contributed by atoms with Gasteiger partial charge in [-0.05, 0) is 35.9 Å². The van der Waals surface area contributed by atoms with Gasteiger partial charge in [-0.25, -0.2) is 0 Å². The first-order valence-corrected chi connectivity index (χ1v) is 11.1. The average Bonchev–Trinajstić information content (AvgIpc) is 2.84. The summed E-state index contributed by atoms with van der Waals surface area (Å²) < 4.78 is 0. The number of carbonyl (C=O) groups is 1. The molecular weight excluding hydrogens is 439 g/mol. The quantitative estimate of drug-likeness (QED) is 0.318. The van der Waals surface area contributed by atoms with Crippen LogP contribution in [-0.4, -0.2) is 5.91 Å². The van der Waals surface area contributed by atoms with Crippen LogP contribution in [0.3, 0.4) is 0 Å². The van der Waals surface area contributed by atoms with E-state index in [1.54, 1.807) is 6.07 Å². The summed E-state index contributed by atoms with van der Waals surface area (Å²) in [6.45, 7) is 0.599. The lowest BCUT2D eigenvalue weighted by Crippen LogP contribution is -2.49. The predicted molar refractivity (Wildman–Crippen MR) is 132 cm³/mol. The number of halogens is 2. The average molecular weight is 459 g/mol. The van der Waals surface area contributed by atoms with Gasteiger partial charge in [-0.3, -0.25) is 9.69 Å². The third kappa shape index (κ3) is 3.64. The van der Waals surface area contributed by atoms with E-state index in [4.69, 9.17) is 23.2 Å². The highest BCUT2D eigenvalue weighted by Crippen LogP contribution is 2.45. The van der Waals surface area contributed by atoms with Crippen molar-refractivity contribution in [3.63, 3.8) is 0 Å². The van der Waals surface area contributed by atoms with E-state index >= 15 is 0 Å². The van der Waals surface area contributed by atoms with E-state index in [1.165, 1.54) is 0 Å². The monoisotopic (exact) mass is 458 g/mol. The van der Waals surface area contributed by atoms with E-state index in [2.05, 4.69) is 17.0 Å². The smallest absolute Gasteiger partial charge is 0.262 e.